The maximum Gasteiger partial charge on any atom is 0.243 e. The van der Waals surface area contributed by atoms with Crippen molar-refractivity contribution in [3.05, 3.63) is 24.0 Å². The maximum atomic E-state index is 11.5. The van der Waals surface area contributed by atoms with E-state index in [-0.39, 0.29) is 5.91 Å². The lowest BCUT2D eigenvalue weighted by atomic mass is 10.00. The van der Waals surface area contributed by atoms with Gasteiger partial charge in [0.1, 0.15) is 5.82 Å². The Labute approximate surface area is 127 Å². The number of fused-ring (bicyclic) bond motifs is 1. The molecule has 1 fully saturated rings. The van der Waals surface area contributed by atoms with Gasteiger partial charge in [-0.3, -0.25) is 9.89 Å². The molecule has 0 bridgehead atoms. The van der Waals surface area contributed by atoms with Crippen molar-refractivity contribution in [2.24, 2.45) is 0 Å². The van der Waals surface area contributed by atoms with Crippen molar-refractivity contribution in [3.63, 3.8) is 0 Å². The molecule has 1 saturated heterocycles. The van der Waals surface area contributed by atoms with Gasteiger partial charge >= 0.3 is 0 Å². The minimum absolute atomic E-state index is 0.0393. The fourth-order valence-electron chi connectivity index (χ4n) is 2.87. The molecule has 0 spiro atoms. The molecule has 3 heterocycles. The summed E-state index contributed by atoms with van der Waals surface area (Å²) in [6.07, 6.45) is 1.94. The summed E-state index contributed by atoms with van der Waals surface area (Å²) in [6, 6.07) is 5.80. The second-order valence-electron chi connectivity index (χ2n) is 5.59. The molecule has 7 nitrogen and oxygen atoms in total. The molecular formula is C15H17N5O2. The van der Waals surface area contributed by atoms with E-state index in [1.807, 2.05) is 18.2 Å². The van der Waals surface area contributed by atoms with Gasteiger partial charge in [0.15, 0.2) is 5.82 Å². The standard InChI is InChI=1S/C15H17N5O2/c21-13-8-16-11-2-1-10(7-12(11)17-13)15-18-14(19-20-15)9-3-5-22-6-4-9/h1-2,7,9,16H,3-6,8H2,(H,17,21)(H,18,19,20). The van der Waals surface area contributed by atoms with Crippen LogP contribution < -0.4 is 10.6 Å². The van der Waals surface area contributed by atoms with Crippen LogP contribution >= 0.6 is 0 Å². The van der Waals surface area contributed by atoms with Gasteiger partial charge in [-0.25, -0.2) is 4.98 Å². The first kappa shape index (κ1) is 13.3. The van der Waals surface area contributed by atoms with Crippen molar-refractivity contribution in [3.8, 4) is 11.4 Å². The Morgan fingerprint density at radius 2 is 2.05 bits per heavy atom. The van der Waals surface area contributed by atoms with Gasteiger partial charge in [0, 0.05) is 24.7 Å². The highest BCUT2D eigenvalue weighted by Crippen LogP contribution is 2.30. The number of hydrogen-bond donors (Lipinski definition) is 3. The van der Waals surface area contributed by atoms with E-state index in [4.69, 9.17) is 4.74 Å². The molecule has 1 aromatic carbocycles. The van der Waals surface area contributed by atoms with Crippen LogP contribution in [0.5, 0.6) is 0 Å². The fraction of sp³-hybridized carbons (Fsp3) is 0.400. The van der Waals surface area contributed by atoms with Crippen LogP contribution in [0.1, 0.15) is 24.6 Å². The number of aromatic amines is 1. The molecule has 1 amide bonds. The number of nitrogens with zero attached hydrogens (tertiary/aromatic N) is 2. The highest BCUT2D eigenvalue weighted by molar-refractivity contribution is 6.01. The highest BCUT2D eigenvalue weighted by Gasteiger charge is 2.21. The third kappa shape index (κ3) is 2.43. The van der Waals surface area contributed by atoms with E-state index in [0.29, 0.717) is 18.3 Å². The van der Waals surface area contributed by atoms with Crippen molar-refractivity contribution in [1.82, 2.24) is 15.2 Å². The van der Waals surface area contributed by atoms with Gasteiger partial charge in [-0.05, 0) is 31.0 Å². The van der Waals surface area contributed by atoms with Gasteiger partial charge in [-0.2, -0.15) is 5.10 Å². The lowest BCUT2D eigenvalue weighted by Gasteiger charge is -2.19. The van der Waals surface area contributed by atoms with Crippen molar-refractivity contribution in [1.29, 1.82) is 0 Å². The quantitative estimate of drug-likeness (QED) is 0.785. The van der Waals surface area contributed by atoms with Crippen LogP contribution in [0.2, 0.25) is 0 Å². The molecule has 1 aromatic heterocycles. The van der Waals surface area contributed by atoms with E-state index in [1.165, 1.54) is 0 Å². The minimum Gasteiger partial charge on any atom is -0.381 e. The summed E-state index contributed by atoms with van der Waals surface area (Å²) in [5.41, 5.74) is 2.58. The van der Waals surface area contributed by atoms with Crippen molar-refractivity contribution in [2.75, 3.05) is 30.4 Å². The van der Waals surface area contributed by atoms with Crippen molar-refractivity contribution >= 4 is 17.3 Å². The fourth-order valence-corrected chi connectivity index (χ4v) is 2.87. The SMILES string of the molecule is O=C1CNc2ccc(-c3n[nH]c(C4CCOCC4)n3)cc2N1. The van der Waals surface area contributed by atoms with Crippen LogP contribution in [0.4, 0.5) is 11.4 Å². The Bertz CT molecular complexity index is 706. The lowest BCUT2D eigenvalue weighted by Crippen LogP contribution is -2.27. The number of anilines is 2. The number of H-pyrrole nitrogens is 1. The first-order valence-corrected chi connectivity index (χ1v) is 7.48. The zero-order valence-corrected chi connectivity index (χ0v) is 12.1. The first-order valence-electron chi connectivity index (χ1n) is 7.48. The van der Waals surface area contributed by atoms with Gasteiger partial charge in [-0.15, -0.1) is 0 Å². The molecule has 2 aliphatic rings. The summed E-state index contributed by atoms with van der Waals surface area (Å²) < 4.78 is 5.38. The molecule has 2 aliphatic heterocycles. The van der Waals surface area contributed by atoms with Gasteiger partial charge in [0.25, 0.3) is 0 Å². The third-order valence-corrected chi connectivity index (χ3v) is 4.10. The van der Waals surface area contributed by atoms with Crippen molar-refractivity contribution in [2.45, 2.75) is 18.8 Å². The van der Waals surface area contributed by atoms with E-state index in [0.717, 1.165) is 48.8 Å². The third-order valence-electron chi connectivity index (χ3n) is 4.10. The highest BCUT2D eigenvalue weighted by atomic mass is 16.5. The average Bonchev–Trinajstić information content (AvgIpc) is 3.05. The largest absolute Gasteiger partial charge is 0.381 e. The number of nitrogens with one attached hydrogen (secondary N) is 3. The zero-order chi connectivity index (χ0) is 14.9. The Kier molecular flexibility index (Phi) is 3.27. The number of ether oxygens (including phenoxy) is 1. The van der Waals surface area contributed by atoms with Gasteiger partial charge < -0.3 is 15.4 Å². The monoisotopic (exact) mass is 299 g/mol. The molecule has 0 radical (unpaired) electrons. The van der Waals surface area contributed by atoms with Crippen LogP contribution in [0, 0.1) is 0 Å². The smallest absolute Gasteiger partial charge is 0.243 e. The summed E-state index contributed by atoms with van der Waals surface area (Å²) in [6.45, 7) is 1.86. The summed E-state index contributed by atoms with van der Waals surface area (Å²) in [5, 5.41) is 13.3. The molecular weight excluding hydrogens is 282 g/mol. The molecule has 7 heteroatoms. The summed E-state index contributed by atoms with van der Waals surface area (Å²) in [7, 11) is 0. The van der Waals surface area contributed by atoms with Gasteiger partial charge in [0.05, 0.1) is 17.9 Å². The first-order chi connectivity index (χ1) is 10.8. The topological polar surface area (TPSA) is 91.9 Å². The molecule has 3 N–H and O–H groups in total. The molecule has 114 valence electrons. The zero-order valence-electron chi connectivity index (χ0n) is 12.1. The molecule has 4 rings (SSSR count). The second-order valence-corrected chi connectivity index (χ2v) is 5.59. The number of carbonyl (C=O) groups is 1. The van der Waals surface area contributed by atoms with E-state index in [2.05, 4.69) is 25.8 Å². The molecule has 0 atom stereocenters. The summed E-state index contributed by atoms with van der Waals surface area (Å²) >= 11 is 0. The number of hydrogen-bond acceptors (Lipinski definition) is 5. The van der Waals surface area contributed by atoms with E-state index in [9.17, 15) is 4.79 Å². The molecule has 2 aromatic rings. The van der Waals surface area contributed by atoms with Gasteiger partial charge in [-0.1, -0.05) is 0 Å². The van der Waals surface area contributed by atoms with Crippen LogP contribution in [0.25, 0.3) is 11.4 Å². The summed E-state index contributed by atoms with van der Waals surface area (Å²) in [4.78, 5) is 16.1. The maximum absolute atomic E-state index is 11.5. The Morgan fingerprint density at radius 3 is 2.91 bits per heavy atom. The normalized spacial score (nSPS) is 18.5. The number of aromatic nitrogens is 3. The number of carbonyl (C=O) groups excluding carboxylic acids is 1. The molecule has 22 heavy (non-hydrogen) atoms. The predicted molar refractivity (Wildman–Crippen MR) is 81.7 cm³/mol. The van der Waals surface area contributed by atoms with Crippen LogP contribution in [-0.2, 0) is 9.53 Å². The minimum atomic E-state index is -0.0393. The number of benzene rings is 1. The Morgan fingerprint density at radius 1 is 1.18 bits per heavy atom. The molecule has 0 aliphatic carbocycles. The van der Waals surface area contributed by atoms with E-state index in [1.54, 1.807) is 0 Å². The van der Waals surface area contributed by atoms with E-state index >= 15 is 0 Å². The number of amides is 1. The van der Waals surface area contributed by atoms with Crippen LogP contribution in [0.15, 0.2) is 18.2 Å². The average molecular weight is 299 g/mol. The van der Waals surface area contributed by atoms with Gasteiger partial charge in [0.2, 0.25) is 5.91 Å². The van der Waals surface area contributed by atoms with Crippen LogP contribution in [-0.4, -0.2) is 40.8 Å². The predicted octanol–water partition coefficient (Wildman–Crippen LogP) is 1.73. The number of rotatable bonds is 2. The Balaban J connectivity index is 1.61. The van der Waals surface area contributed by atoms with E-state index < -0.39 is 0 Å². The Hall–Kier alpha value is -2.41. The molecule has 0 unspecified atom stereocenters. The lowest BCUT2D eigenvalue weighted by molar-refractivity contribution is -0.114. The van der Waals surface area contributed by atoms with Crippen molar-refractivity contribution < 1.29 is 9.53 Å². The van der Waals surface area contributed by atoms with Crippen LogP contribution in [0.3, 0.4) is 0 Å². The molecule has 0 saturated carbocycles. The summed E-state index contributed by atoms with van der Waals surface area (Å²) in [5.74, 6) is 1.92. The second kappa shape index (κ2) is 5.42.